The van der Waals surface area contributed by atoms with Crippen molar-refractivity contribution in [1.29, 1.82) is 0 Å². The lowest BCUT2D eigenvalue weighted by Gasteiger charge is -2.36. The van der Waals surface area contributed by atoms with Gasteiger partial charge in [0.1, 0.15) is 0 Å². The largest absolute Gasteiger partial charge is 0.469 e. The molecular formula is C18H27NO2. The Balaban J connectivity index is 2.08. The quantitative estimate of drug-likeness (QED) is 0.750. The number of piperidine rings is 1. The van der Waals surface area contributed by atoms with Crippen LogP contribution in [0.15, 0.2) is 24.3 Å². The smallest absolute Gasteiger partial charge is 0.309 e. The van der Waals surface area contributed by atoms with Gasteiger partial charge in [0.25, 0.3) is 0 Å². The second-order valence-corrected chi connectivity index (χ2v) is 5.93. The summed E-state index contributed by atoms with van der Waals surface area (Å²) < 4.78 is 4.81. The minimum Gasteiger partial charge on any atom is -0.469 e. The maximum atomic E-state index is 11.6. The number of esters is 1. The number of likely N-dealkylation sites (tertiary alicyclic amines) is 1. The monoisotopic (exact) mass is 289 g/mol. The summed E-state index contributed by atoms with van der Waals surface area (Å²) in [7, 11) is 1.45. The number of ether oxygens (including phenoxy) is 1. The first-order chi connectivity index (χ1) is 10.2. The molecule has 0 aliphatic carbocycles. The van der Waals surface area contributed by atoms with E-state index in [-0.39, 0.29) is 5.97 Å². The highest BCUT2D eigenvalue weighted by atomic mass is 16.5. The maximum Gasteiger partial charge on any atom is 0.309 e. The van der Waals surface area contributed by atoms with Crippen LogP contribution in [0, 0.1) is 0 Å². The highest BCUT2D eigenvalue weighted by Crippen LogP contribution is 2.24. The summed E-state index contributed by atoms with van der Waals surface area (Å²) in [5.74, 6) is -0.161. The molecule has 116 valence electrons. The van der Waals surface area contributed by atoms with Crippen molar-refractivity contribution in [1.82, 2.24) is 4.90 Å². The molecule has 1 aromatic rings. The highest BCUT2D eigenvalue weighted by molar-refractivity contribution is 5.72. The van der Waals surface area contributed by atoms with E-state index in [4.69, 9.17) is 4.74 Å². The first-order valence-corrected chi connectivity index (χ1v) is 8.12. The molecule has 3 heteroatoms. The van der Waals surface area contributed by atoms with Crippen molar-refractivity contribution in [2.45, 2.75) is 58.0 Å². The molecule has 1 aliphatic heterocycles. The Morgan fingerprint density at radius 1 is 1.29 bits per heavy atom. The molecule has 1 aliphatic rings. The van der Waals surface area contributed by atoms with Crippen LogP contribution in [0.4, 0.5) is 0 Å². The third-order valence-corrected chi connectivity index (χ3v) is 4.43. The summed E-state index contributed by atoms with van der Waals surface area (Å²) >= 11 is 0. The molecule has 0 spiro atoms. The molecule has 0 amide bonds. The van der Waals surface area contributed by atoms with Gasteiger partial charge < -0.3 is 4.74 Å². The predicted octanol–water partition coefficient (Wildman–Crippen LogP) is 3.56. The van der Waals surface area contributed by atoms with E-state index in [9.17, 15) is 4.79 Å². The average Bonchev–Trinajstić information content (AvgIpc) is 2.51. The lowest BCUT2D eigenvalue weighted by Crippen LogP contribution is -2.39. The number of hydrogen-bond donors (Lipinski definition) is 0. The Hall–Kier alpha value is -1.35. The lowest BCUT2D eigenvalue weighted by atomic mass is 9.96. The number of carbonyl (C=O) groups is 1. The van der Waals surface area contributed by atoms with Crippen LogP contribution in [-0.4, -0.2) is 30.6 Å². The van der Waals surface area contributed by atoms with Crippen LogP contribution in [0.25, 0.3) is 0 Å². The molecule has 21 heavy (non-hydrogen) atoms. The van der Waals surface area contributed by atoms with Gasteiger partial charge in [-0.25, -0.2) is 0 Å². The molecule has 0 bridgehead atoms. The van der Waals surface area contributed by atoms with Crippen molar-refractivity contribution < 1.29 is 9.53 Å². The Kier molecular flexibility index (Phi) is 6.24. The molecular weight excluding hydrogens is 262 g/mol. The highest BCUT2D eigenvalue weighted by Gasteiger charge is 2.22. The zero-order valence-corrected chi connectivity index (χ0v) is 13.3. The average molecular weight is 289 g/mol. The van der Waals surface area contributed by atoms with E-state index in [0.717, 1.165) is 12.1 Å². The molecule has 0 aromatic heterocycles. The van der Waals surface area contributed by atoms with Crippen LogP contribution in [-0.2, 0) is 22.5 Å². The molecule has 1 aromatic carbocycles. The molecule has 1 heterocycles. The van der Waals surface area contributed by atoms with E-state index >= 15 is 0 Å². The molecule has 3 nitrogen and oxygen atoms in total. The molecule has 0 N–H and O–H groups in total. The van der Waals surface area contributed by atoms with E-state index in [1.54, 1.807) is 0 Å². The summed E-state index contributed by atoms with van der Waals surface area (Å²) in [4.78, 5) is 14.2. The van der Waals surface area contributed by atoms with Gasteiger partial charge in [-0.05, 0) is 36.9 Å². The Morgan fingerprint density at radius 3 is 2.76 bits per heavy atom. The minimum absolute atomic E-state index is 0.161. The number of methoxy groups -OCH3 is 1. The van der Waals surface area contributed by atoms with Crippen molar-refractivity contribution in [3.05, 3.63) is 35.4 Å². The number of rotatable bonds is 6. The summed E-state index contributed by atoms with van der Waals surface area (Å²) in [6, 6.07) is 8.96. The van der Waals surface area contributed by atoms with E-state index in [1.165, 1.54) is 51.3 Å². The molecule has 0 radical (unpaired) electrons. The Bertz CT molecular complexity index is 456. The summed E-state index contributed by atoms with van der Waals surface area (Å²) in [6.07, 6.45) is 6.85. The fraction of sp³-hybridized carbons (Fsp3) is 0.611. The van der Waals surface area contributed by atoms with E-state index in [1.807, 2.05) is 12.1 Å². The van der Waals surface area contributed by atoms with Gasteiger partial charge in [-0.15, -0.1) is 0 Å². The van der Waals surface area contributed by atoms with Crippen molar-refractivity contribution in [3.63, 3.8) is 0 Å². The van der Waals surface area contributed by atoms with Gasteiger partial charge in [-0.2, -0.15) is 0 Å². The SMILES string of the molecule is CCCC1CCCCN1Cc1ccccc1CC(=O)OC. The topological polar surface area (TPSA) is 29.5 Å². The van der Waals surface area contributed by atoms with Crippen molar-refractivity contribution in [3.8, 4) is 0 Å². The first kappa shape index (κ1) is 16.0. The normalized spacial score (nSPS) is 19.4. The van der Waals surface area contributed by atoms with Gasteiger partial charge in [-0.3, -0.25) is 9.69 Å². The number of carbonyl (C=O) groups excluding carboxylic acids is 1. The molecule has 0 saturated carbocycles. The van der Waals surface area contributed by atoms with Crippen LogP contribution < -0.4 is 0 Å². The van der Waals surface area contributed by atoms with Gasteiger partial charge in [0.15, 0.2) is 0 Å². The Morgan fingerprint density at radius 2 is 2.05 bits per heavy atom. The van der Waals surface area contributed by atoms with Crippen LogP contribution in [0.3, 0.4) is 0 Å². The van der Waals surface area contributed by atoms with Gasteiger partial charge in [0, 0.05) is 12.6 Å². The van der Waals surface area contributed by atoms with Gasteiger partial charge >= 0.3 is 5.97 Å². The summed E-state index contributed by atoms with van der Waals surface area (Å²) in [6.45, 7) is 4.40. The van der Waals surface area contributed by atoms with Crippen LogP contribution >= 0.6 is 0 Å². The zero-order valence-electron chi connectivity index (χ0n) is 13.3. The van der Waals surface area contributed by atoms with E-state index < -0.39 is 0 Å². The first-order valence-electron chi connectivity index (χ1n) is 8.12. The second-order valence-electron chi connectivity index (χ2n) is 5.93. The van der Waals surface area contributed by atoms with Crippen molar-refractivity contribution in [2.75, 3.05) is 13.7 Å². The van der Waals surface area contributed by atoms with Crippen LogP contribution in [0.1, 0.15) is 50.2 Å². The number of nitrogens with zero attached hydrogens (tertiary/aromatic N) is 1. The molecule has 2 rings (SSSR count). The minimum atomic E-state index is -0.161. The molecule has 1 saturated heterocycles. The fourth-order valence-corrected chi connectivity index (χ4v) is 3.26. The standard InChI is InChI=1S/C18H27NO2/c1-3-8-17-11-6-7-12-19(17)14-16-10-5-4-9-15(16)13-18(20)21-2/h4-5,9-10,17H,3,6-8,11-14H2,1-2H3. The predicted molar refractivity (Wildman–Crippen MR) is 85.1 cm³/mol. The summed E-state index contributed by atoms with van der Waals surface area (Å²) in [5, 5.41) is 0. The number of benzene rings is 1. The van der Waals surface area contributed by atoms with Gasteiger partial charge in [-0.1, -0.05) is 44.0 Å². The van der Waals surface area contributed by atoms with Crippen molar-refractivity contribution in [2.24, 2.45) is 0 Å². The molecule has 1 unspecified atom stereocenters. The third kappa shape index (κ3) is 4.57. The van der Waals surface area contributed by atoms with Gasteiger partial charge in [0.05, 0.1) is 13.5 Å². The van der Waals surface area contributed by atoms with E-state index in [0.29, 0.717) is 12.5 Å². The van der Waals surface area contributed by atoms with E-state index in [2.05, 4.69) is 24.0 Å². The fourth-order valence-electron chi connectivity index (χ4n) is 3.26. The zero-order chi connectivity index (χ0) is 15.1. The number of hydrogen-bond acceptors (Lipinski definition) is 3. The van der Waals surface area contributed by atoms with Crippen molar-refractivity contribution >= 4 is 5.97 Å². The molecule has 1 fully saturated rings. The van der Waals surface area contributed by atoms with Crippen LogP contribution in [0.2, 0.25) is 0 Å². The van der Waals surface area contributed by atoms with Gasteiger partial charge in [0.2, 0.25) is 0 Å². The second kappa shape index (κ2) is 8.18. The lowest BCUT2D eigenvalue weighted by molar-refractivity contribution is -0.139. The summed E-state index contributed by atoms with van der Waals surface area (Å²) in [5.41, 5.74) is 2.37. The third-order valence-electron chi connectivity index (χ3n) is 4.43. The maximum absolute atomic E-state index is 11.6. The molecule has 1 atom stereocenters. The Labute approximate surface area is 128 Å². The van der Waals surface area contributed by atoms with Crippen LogP contribution in [0.5, 0.6) is 0 Å².